The molecule has 0 bridgehead atoms. The van der Waals surface area contributed by atoms with Crippen molar-refractivity contribution in [2.24, 2.45) is 13.0 Å². The maximum absolute atomic E-state index is 5.85. The molecule has 3 nitrogen and oxygen atoms in total. The summed E-state index contributed by atoms with van der Waals surface area (Å²) in [4.78, 5) is 4.83. The lowest BCUT2D eigenvalue weighted by Gasteiger charge is -2.22. The Kier molecular flexibility index (Phi) is 4.40. The van der Waals surface area contributed by atoms with Crippen LogP contribution in [-0.2, 0) is 18.2 Å². The minimum absolute atomic E-state index is 0.327. The van der Waals surface area contributed by atoms with Crippen LogP contribution in [0.15, 0.2) is 30.5 Å². The summed E-state index contributed by atoms with van der Waals surface area (Å²) in [7, 11) is 2.07. The van der Waals surface area contributed by atoms with Crippen LogP contribution in [0.2, 0.25) is 0 Å². The number of hydrogen-bond donors (Lipinski definition) is 0. The average molecular weight is 320 g/mol. The minimum Gasteiger partial charge on any atom is -0.378 e. The number of rotatable bonds is 3. The highest BCUT2D eigenvalue weighted by Crippen LogP contribution is 2.27. The van der Waals surface area contributed by atoms with Crippen molar-refractivity contribution in [3.8, 4) is 23.1 Å². The van der Waals surface area contributed by atoms with Crippen molar-refractivity contribution in [2.45, 2.75) is 44.6 Å². The Hall–Kier alpha value is -2.05. The Morgan fingerprint density at radius 2 is 2.00 bits per heavy atom. The number of benzene rings is 1. The van der Waals surface area contributed by atoms with Gasteiger partial charge in [0, 0.05) is 43.3 Å². The van der Waals surface area contributed by atoms with Crippen molar-refractivity contribution in [3.63, 3.8) is 0 Å². The number of hydrogen-bond acceptors (Lipinski definition) is 2. The highest BCUT2D eigenvalue weighted by molar-refractivity contribution is 5.60. The van der Waals surface area contributed by atoms with Gasteiger partial charge in [-0.25, -0.2) is 4.98 Å². The molecule has 1 aliphatic heterocycles. The fourth-order valence-electron chi connectivity index (χ4n) is 3.14. The maximum atomic E-state index is 5.85. The summed E-state index contributed by atoms with van der Waals surface area (Å²) >= 11 is 0. The Labute approximate surface area is 144 Å². The van der Waals surface area contributed by atoms with Crippen LogP contribution >= 0.6 is 0 Å². The van der Waals surface area contributed by atoms with Crippen LogP contribution in [0, 0.1) is 17.8 Å². The first kappa shape index (κ1) is 15.5. The standard InChI is InChI=1S/C21H24N2O/c1-23-15-20(22-21(23)14-19-4-2-3-13-24-19)18-11-9-17(10-12-18)8-7-16-5-6-16/h9-12,15-16,19H,2-6,13-14H2,1H3. The highest BCUT2D eigenvalue weighted by atomic mass is 16.5. The summed E-state index contributed by atoms with van der Waals surface area (Å²) in [6.07, 6.45) is 9.50. The van der Waals surface area contributed by atoms with Crippen LogP contribution in [0.1, 0.15) is 43.5 Å². The van der Waals surface area contributed by atoms with Crippen molar-refractivity contribution < 1.29 is 4.74 Å². The molecule has 1 saturated heterocycles. The summed E-state index contributed by atoms with van der Waals surface area (Å²) in [5.74, 6) is 8.32. The van der Waals surface area contributed by atoms with E-state index in [4.69, 9.17) is 9.72 Å². The summed E-state index contributed by atoms with van der Waals surface area (Å²) in [5.41, 5.74) is 3.28. The van der Waals surface area contributed by atoms with Crippen molar-refractivity contribution in [1.82, 2.24) is 9.55 Å². The lowest BCUT2D eigenvalue weighted by atomic mass is 10.1. The predicted molar refractivity (Wildman–Crippen MR) is 95.5 cm³/mol. The normalized spacial score (nSPS) is 20.5. The Morgan fingerprint density at radius 1 is 1.17 bits per heavy atom. The van der Waals surface area contributed by atoms with Gasteiger partial charge in [0.05, 0.1) is 11.8 Å². The largest absolute Gasteiger partial charge is 0.378 e. The van der Waals surface area contributed by atoms with Crippen LogP contribution in [0.4, 0.5) is 0 Å². The van der Waals surface area contributed by atoms with E-state index in [-0.39, 0.29) is 0 Å². The van der Waals surface area contributed by atoms with Gasteiger partial charge in [-0.15, -0.1) is 0 Å². The van der Waals surface area contributed by atoms with Gasteiger partial charge in [-0.1, -0.05) is 24.0 Å². The van der Waals surface area contributed by atoms with Gasteiger partial charge in [0.15, 0.2) is 0 Å². The molecule has 1 atom stereocenters. The first-order valence-electron chi connectivity index (χ1n) is 9.04. The van der Waals surface area contributed by atoms with Crippen LogP contribution in [0.25, 0.3) is 11.3 Å². The van der Waals surface area contributed by atoms with E-state index >= 15 is 0 Å². The topological polar surface area (TPSA) is 27.1 Å². The van der Waals surface area contributed by atoms with Gasteiger partial charge >= 0.3 is 0 Å². The SMILES string of the molecule is Cn1cc(-c2ccc(C#CC3CC3)cc2)nc1CC1CCCCO1. The molecule has 1 saturated carbocycles. The molecular weight excluding hydrogens is 296 g/mol. The molecule has 2 aliphatic rings. The molecule has 4 rings (SSSR count). The fraction of sp³-hybridized carbons (Fsp3) is 0.476. The summed E-state index contributed by atoms with van der Waals surface area (Å²) in [5, 5.41) is 0. The van der Waals surface area contributed by atoms with Crippen molar-refractivity contribution in [2.75, 3.05) is 6.61 Å². The fourth-order valence-corrected chi connectivity index (χ4v) is 3.14. The molecule has 1 unspecified atom stereocenters. The molecule has 1 aromatic heterocycles. The maximum Gasteiger partial charge on any atom is 0.111 e. The summed E-state index contributed by atoms with van der Waals surface area (Å²) < 4.78 is 7.98. The molecule has 3 heteroatoms. The van der Waals surface area contributed by atoms with E-state index in [1.807, 2.05) is 0 Å². The molecular formula is C21H24N2O. The Balaban J connectivity index is 1.47. The monoisotopic (exact) mass is 320 g/mol. The number of nitrogens with zero attached hydrogens (tertiary/aromatic N) is 2. The van der Waals surface area contributed by atoms with Crippen molar-refractivity contribution >= 4 is 0 Å². The predicted octanol–water partition coefficient (Wildman–Crippen LogP) is 3.96. The molecule has 0 N–H and O–H groups in total. The van der Waals surface area contributed by atoms with Crippen molar-refractivity contribution in [1.29, 1.82) is 0 Å². The van der Waals surface area contributed by atoms with E-state index in [0.717, 1.165) is 42.1 Å². The number of imidazole rings is 1. The Morgan fingerprint density at radius 3 is 2.71 bits per heavy atom. The molecule has 124 valence electrons. The molecule has 2 aromatic rings. The van der Waals surface area contributed by atoms with Gasteiger partial charge in [-0.3, -0.25) is 0 Å². The van der Waals surface area contributed by atoms with Gasteiger partial charge in [-0.2, -0.15) is 0 Å². The highest BCUT2D eigenvalue weighted by Gasteiger charge is 2.18. The van der Waals surface area contributed by atoms with Gasteiger partial charge in [0.25, 0.3) is 0 Å². The first-order valence-corrected chi connectivity index (χ1v) is 9.04. The van der Waals surface area contributed by atoms with Gasteiger partial charge < -0.3 is 9.30 Å². The molecule has 2 fully saturated rings. The number of aryl methyl sites for hydroxylation is 1. The average Bonchev–Trinajstić information content (AvgIpc) is 3.38. The van der Waals surface area contributed by atoms with Crippen molar-refractivity contribution in [3.05, 3.63) is 41.9 Å². The zero-order chi connectivity index (χ0) is 16.4. The molecule has 2 heterocycles. The lowest BCUT2D eigenvalue weighted by Crippen LogP contribution is -2.22. The van der Waals surface area contributed by atoms with Gasteiger partial charge in [-0.05, 0) is 44.2 Å². The quantitative estimate of drug-likeness (QED) is 0.800. The minimum atomic E-state index is 0.327. The molecule has 0 spiro atoms. The number of aromatic nitrogens is 2. The third kappa shape index (κ3) is 3.71. The van der Waals surface area contributed by atoms with E-state index in [0.29, 0.717) is 12.0 Å². The Bertz CT molecular complexity index is 753. The van der Waals surface area contributed by atoms with E-state index in [1.165, 1.54) is 25.7 Å². The third-order valence-corrected chi connectivity index (χ3v) is 4.84. The molecule has 1 aliphatic carbocycles. The van der Waals surface area contributed by atoms with Gasteiger partial charge in [0.1, 0.15) is 5.82 Å². The second kappa shape index (κ2) is 6.83. The van der Waals surface area contributed by atoms with E-state index in [2.05, 4.69) is 53.9 Å². The van der Waals surface area contributed by atoms with E-state index < -0.39 is 0 Å². The second-order valence-electron chi connectivity index (χ2n) is 6.97. The summed E-state index contributed by atoms with van der Waals surface area (Å²) in [6.45, 7) is 0.894. The van der Waals surface area contributed by atoms with Crippen LogP contribution < -0.4 is 0 Å². The van der Waals surface area contributed by atoms with Crippen LogP contribution in [-0.4, -0.2) is 22.3 Å². The van der Waals surface area contributed by atoms with Crippen LogP contribution in [0.3, 0.4) is 0 Å². The molecule has 24 heavy (non-hydrogen) atoms. The zero-order valence-corrected chi connectivity index (χ0v) is 14.3. The van der Waals surface area contributed by atoms with E-state index in [1.54, 1.807) is 0 Å². The smallest absolute Gasteiger partial charge is 0.111 e. The first-order chi connectivity index (χ1) is 11.8. The molecule has 1 aromatic carbocycles. The van der Waals surface area contributed by atoms with E-state index in [9.17, 15) is 0 Å². The van der Waals surface area contributed by atoms with Gasteiger partial charge in [0.2, 0.25) is 0 Å². The molecule has 0 amide bonds. The number of ether oxygens (including phenoxy) is 1. The third-order valence-electron chi connectivity index (χ3n) is 4.84. The zero-order valence-electron chi connectivity index (χ0n) is 14.3. The molecule has 0 radical (unpaired) electrons. The lowest BCUT2D eigenvalue weighted by molar-refractivity contribution is 0.0153. The van der Waals surface area contributed by atoms with Crippen LogP contribution in [0.5, 0.6) is 0 Å². The summed E-state index contributed by atoms with van der Waals surface area (Å²) in [6, 6.07) is 8.45. The second-order valence-corrected chi connectivity index (χ2v) is 6.97.